The van der Waals surface area contributed by atoms with Crippen LogP contribution in [0.4, 0.5) is 0 Å². The number of benzene rings is 2. The van der Waals surface area contributed by atoms with Crippen molar-refractivity contribution in [3.05, 3.63) is 53.7 Å². The lowest BCUT2D eigenvalue weighted by molar-refractivity contribution is -0.117. The van der Waals surface area contributed by atoms with Crippen LogP contribution < -0.4 is 19.5 Å². The highest BCUT2D eigenvalue weighted by molar-refractivity contribution is 5.99. The Kier molecular flexibility index (Phi) is 6.51. The SMILES string of the molecule is COc1cc(C(=O)CNCC(=O)Cc2c[nH]c3ccccc23)cc(OC)c1OC. The monoisotopic (exact) mass is 396 g/mol. The van der Waals surface area contributed by atoms with E-state index in [9.17, 15) is 9.59 Å². The first-order valence-electron chi connectivity index (χ1n) is 9.18. The Balaban J connectivity index is 1.59. The van der Waals surface area contributed by atoms with Crippen molar-refractivity contribution in [2.24, 2.45) is 0 Å². The number of aromatic amines is 1. The first-order chi connectivity index (χ1) is 14.1. The largest absolute Gasteiger partial charge is 0.493 e. The van der Waals surface area contributed by atoms with E-state index in [-0.39, 0.29) is 24.7 Å². The lowest BCUT2D eigenvalue weighted by Gasteiger charge is -2.13. The summed E-state index contributed by atoms with van der Waals surface area (Å²) in [6.07, 6.45) is 2.15. The van der Waals surface area contributed by atoms with Gasteiger partial charge in [-0.3, -0.25) is 9.59 Å². The van der Waals surface area contributed by atoms with Crippen LogP contribution in [0.3, 0.4) is 0 Å². The number of rotatable bonds is 10. The lowest BCUT2D eigenvalue weighted by Crippen LogP contribution is -2.29. The van der Waals surface area contributed by atoms with E-state index in [0.29, 0.717) is 29.2 Å². The minimum Gasteiger partial charge on any atom is -0.493 e. The standard InChI is InChI=1S/C22H24N2O5/c1-27-20-9-14(10-21(28-2)22(20)29-3)19(26)13-23-12-16(25)8-15-11-24-18-7-5-4-6-17(15)18/h4-7,9-11,23-24H,8,12-13H2,1-3H3. The van der Waals surface area contributed by atoms with Crippen molar-refractivity contribution in [2.45, 2.75) is 6.42 Å². The molecule has 0 saturated carbocycles. The zero-order valence-electron chi connectivity index (χ0n) is 16.7. The van der Waals surface area contributed by atoms with Gasteiger partial charge in [0.05, 0.1) is 34.4 Å². The van der Waals surface area contributed by atoms with Crippen LogP contribution in [0.5, 0.6) is 17.2 Å². The summed E-state index contributed by atoms with van der Waals surface area (Å²) >= 11 is 0. The van der Waals surface area contributed by atoms with Gasteiger partial charge in [-0.25, -0.2) is 0 Å². The van der Waals surface area contributed by atoms with Gasteiger partial charge in [0.1, 0.15) is 0 Å². The predicted octanol–water partition coefficient (Wildman–Crippen LogP) is 2.78. The maximum Gasteiger partial charge on any atom is 0.203 e. The third-order valence-electron chi connectivity index (χ3n) is 4.66. The third kappa shape index (κ3) is 4.57. The molecule has 0 aliphatic carbocycles. The van der Waals surface area contributed by atoms with E-state index in [1.807, 2.05) is 30.5 Å². The minimum absolute atomic E-state index is 0.00689. The maximum atomic E-state index is 12.5. The summed E-state index contributed by atoms with van der Waals surface area (Å²) in [4.78, 5) is 28.0. The number of fused-ring (bicyclic) bond motifs is 1. The number of carbonyl (C=O) groups excluding carboxylic acids is 2. The van der Waals surface area contributed by atoms with Crippen molar-refractivity contribution in [1.82, 2.24) is 10.3 Å². The second kappa shape index (κ2) is 9.25. The fourth-order valence-corrected chi connectivity index (χ4v) is 3.21. The van der Waals surface area contributed by atoms with Crippen molar-refractivity contribution >= 4 is 22.5 Å². The molecule has 0 atom stereocenters. The highest BCUT2D eigenvalue weighted by Crippen LogP contribution is 2.38. The molecule has 0 amide bonds. The number of methoxy groups -OCH3 is 3. The summed E-state index contributed by atoms with van der Waals surface area (Å²) < 4.78 is 15.8. The Morgan fingerprint density at radius 3 is 2.31 bits per heavy atom. The van der Waals surface area contributed by atoms with Gasteiger partial charge in [-0.15, -0.1) is 0 Å². The van der Waals surface area contributed by atoms with Gasteiger partial charge in [-0.05, 0) is 23.8 Å². The smallest absolute Gasteiger partial charge is 0.203 e. The summed E-state index contributed by atoms with van der Waals surface area (Å²) in [5, 5.41) is 3.96. The summed E-state index contributed by atoms with van der Waals surface area (Å²) in [6.45, 7) is 0.133. The van der Waals surface area contributed by atoms with E-state index in [2.05, 4.69) is 10.3 Å². The molecule has 152 valence electrons. The Morgan fingerprint density at radius 1 is 0.966 bits per heavy atom. The van der Waals surface area contributed by atoms with Gasteiger partial charge in [0.15, 0.2) is 23.1 Å². The molecule has 7 heteroatoms. The molecule has 29 heavy (non-hydrogen) atoms. The average molecular weight is 396 g/mol. The molecule has 0 radical (unpaired) electrons. The summed E-state index contributed by atoms with van der Waals surface area (Å²) in [6, 6.07) is 11.0. The topological polar surface area (TPSA) is 89.7 Å². The normalized spacial score (nSPS) is 10.7. The van der Waals surface area contributed by atoms with Crippen LogP contribution in [-0.4, -0.2) is 51.0 Å². The fourth-order valence-electron chi connectivity index (χ4n) is 3.21. The second-order valence-corrected chi connectivity index (χ2v) is 6.52. The van der Waals surface area contributed by atoms with Crippen LogP contribution >= 0.6 is 0 Å². The third-order valence-corrected chi connectivity index (χ3v) is 4.66. The van der Waals surface area contributed by atoms with Gasteiger partial charge in [0.25, 0.3) is 0 Å². The number of aromatic nitrogens is 1. The van der Waals surface area contributed by atoms with Crippen LogP contribution in [0.2, 0.25) is 0 Å². The predicted molar refractivity (Wildman–Crippen MR) is 110 cm³/mol. The maximum absolute atomic E-state index is 12.5. The molecule has 0 aliphatic heterocycles. The molecule has 2 N–H and O–H groups in total. The van der Waals surface area contributed by atoms with Gasteiger partial charge in [-0.2, -0.15) is 0 Å². The lowest BCUT2D eigenvalue weighted by atomic mass is 10.1. The summed E-state index contributed by atoms with van der Waals surface area (Å²) in [7, 11) is 4.49. The molecule has 0 unspecified atom stereocenters. The van der Waals surface area contributed by atoms with Crippen LogP contribution in [0.25, 0.3) is 10.9 Å². The van der Waals surface area contributed by atoms with E-state index in [1.165, 1.54) is 21.3 Å². The van der Waals surface area contributed by atoms with Crippen LogP contribution in [-0.2, 0) is 11.2 Å². The Bertz CT molecular complexity index is 1000. The summed E-state index contributed by atoms with van der Waals surface area (Å²) in [5.41, 5.74) is 2.36. The molecule has 3 aromatic rings. The number of nitrogens with one attached hydrogen (secondary N) is 2. The highest BCUT2D eigenvalue weighted by atomic mass is 16.5. The number of hydrogen-bond donors (Lipinski definition) is 2. The van der Waals surface area contributed by atoms with Gasteiger partial charge >= 0.3 is 0 Å². The van der Waals surface area contributed by atoms with E-state index >= 15 is 0 Å². The van der Waals surface area contributed by atoms with E-state index in [0.717, 1.165) is 16.5 Å². The number of ether oxygens (including phenoxy) is 3. The molecular weight excluding hydrogens is 372 g/mol. The number of ketones is 2. The molecule has 0 spiro atoms. The summed E-state index contributed by atoms with van der Waals surface area (Å²) in [5.74, 6) is 1.07. The Hall–Kier alpha value is -3.32. The van der Waals surface area contributed by atoms with Crippen LogP contribution in [0.1, 0.15) is 15.9 Å². The molecule has 3 rings (SSSR count). The Morgan fingerprint density at radius 2 is 1.66 bits per heavy atom. The zero-order chi connectivity index (χ0) is 20.8. The number of H-pyrrole nitrogens is 1. The molecule has 2 aromatic carbocycles. The zero-order valence-corrected chi connectivity index (χ0v) is 16.7. The highest BCUT2D eigenvalue weighted by Gasteiger charge is 2.17. The van der Waals surface area contributed by atoms with Crippen LogP contribution in [0, 0.1) is 0 Å². The van der Waals surface area contributed by atoms with E-state index in [1.54, 1.807) is 12.1 Å². The molecule has 0 fully saturated rings. The van der Waals surface area contributed by atoms with Crippen molar-refractivity contribution in [2.75, 3.05) is 34.4 Å². The first kappa shape index (κ1) is 20.4. The number of hydrogen-bond acceptors (Lipinski definition) is 6. The minimum atomic E-state index is -0.177. The quantitative estimate of drug-likeness (QED) is 0.512. The average Bonchev–Trinajstić information content (AvgIpc) is 3.15. The molecule has 7 nitrogen and oxygen atoms in total. The van der Waals surface area contributed by atoms with E-state index < -0.39 is 0 Å². The van der Waals surface area contributed by atoms with Crippen molar-refractivity contribution in [3.63, 3.8) is 0 Å². The second-order valence-electron chi connectivity index (χ2n) is 6.52. The van der Waals surface area contributed by atoms with Gasteiger partial charge in [0, 0.05) is 29.1 Å². The number of carbonyl (C=O) groups is 2. The van der Waals surface area contributed by atoms with E-state index in [4.69, 9.17) is 14.2 Å². The van der Waals surface area contributed by atoms with Gasteiger partial charge in [-0.1, -0.05) is 18.2 Å². The van der Waals surface area contributed by atoms with Crippen molar-refractivity contribution in [1.29, 1.82) is 0 Å². The molecule has 0 bridgehead atoms. The molecule has 0 aliphatic rings. The molecule has 1 aromatic heterocycles. The Labute approximate surface area is 169 Å². The van der Waals surface area contributed by atoms with Gasteiger partial charge < -0.3 is 24.5 Å². The fraction of sp³-hybridized carbons (Fsp3) is 0.273. The number of Topliss-reactive ketones (excluding diaryl/α,β-unsaturated/α-hetero) is 2. The van der Waals surface area contributed by atoms with Crippen LogP contribution in [0.15, 0.2) is 42.6 Å². The molecular formula is C22H24N2O5. The first-order valence-corrected chi connectivity index (χ1v) is 9.18. The van der Waals surface area contributed by atoms with Crippen molar-refractivity contribution in [3.8, 4) is 17.2 Å². The van der Waals surface area contributed by atoms with Gasteiger partial charge in [0.2, 0.25) is 5.75 Å². The molecule has 0 saturated heterocycles. The van der Waals surface area contributed by atoms with Crippen molar-refractivity contribution < 1.29 is 23.8 Å². The number of para-hydroxylation sites is 1. The molecule has 1 heterocycles.